The zero-order chi connectivity index (χ0) is 18.7. The van der Waals surface area contributed by atoms with Crippen LogP contribution in [0.5, 0.6) is 11.5 Å². The summed E-state index contributed by atoms with van der Waals surface area (Å²) in [4.78, 5) is -0.605. The van der Waals surface area contributed by atoms with E-state index in [2.05, 4.69) is 0 Å². The van der Waals surface area contributed by atoms with Crippen LogP contribution in [0.2, 0.25) is 0 Å². The van der Waals surface area contributed by atoms with E-state index in [0.717, 1.165) is 17.7 Å². The number of nitrogens with two attached hydrogens (primary N) is 2. The van der Waals surface area contributed by atoms with Crippen molar-refractivity contribution < 1.29 is 14.2 Å². The van der Waals surface area contributed by atoms with Crippen LogP contribution in [0.1, 0.15) is 17.5 Å². The third-order valence-corrected chi connectivity index (χ3v) is 6.52. The van der Waals surface area contributed by atoms with Gasteiger partial charge in [0, 0.05) is 29.8 Å². The first-order chi connectivity index (χ1) is 12.5. The van der Waals surface area contributed by atoms with Crippen LogP contribution in [0.3, 0.4) is 0 Å². The summed E-state index contributed by atoms with van der Waals surface area (Å²) in [5.74, 6) is 7.22. The van der Waals surface area contributed by atoms with Gasteiger partial charge in [0.1, 0.15) is 22.2 Å². The molecule has 5 nitrogen and oxygen atoms in total. The number of phenolic OH excluding ortho intramolecular Hbond substituents is 1. The number of rotatable bonds is 6. The Bertz CT molecular complexity index is 774. The normalized spacial score (nSPS) is 22.1. The third-order valence-electron chi connectivity index (χ3n) is 4.78. The summed E-state index contributed by atoms with van der Waals surface area (Å²) >= 11 is 1.53. The Kier molecular flexibility index (Phi) is 5.72. The number of thioether (sulfide) groups is 1. The van der Waals surface area contributed by atoms with Crippen molar-refractivity contribution in [2.45, 2.75) is 17.0 Å². The van der Waals surface area contributed by atoms with E-state index in [1.807, 2.05) is 31.3 Å². The minimum atomic E-state index is -0.605. The zero-order valence-electron chi connectivity index (χ0n) is 14.7. The van der Waals surface area contributed by atoms with E-state index in [1.54, 1.807) is 5.01 Å². The van der Waals surface area contributed by atoms with Crippen molar-refractivity contribution in [2.75, 3.05) is 20.2 Å². The Hall–Kier alpha value is -1.80. The van der Waals surface area contributed by atoms with Gasteiger partial charge in [-0.05, 0) is 37.2 Å². The predicted octanol–water partition coefficient (Wildman–Crippen LogP) is 2.78. The average Bonchev–Trinajstić information content (AvgIpc) is 2.63. The molecular formula is C19H24FN3O2S. The lowest BCUT2D eigenvalue weighted by atomic mass is 9.87. The maximum atomic E-state index is 14.2. The molecule has 2 atom stereocenters. The van der Waals surface area contributed by atoms with Crippen molar-refractivity contribution in [2.24, 2.45) is 17.5 Å². The first kappa shape index (κ1) is 19.0. The highest BCUT2D eigenvalue weighted by Gasteiger charge is 2.48. The van der Waals surface area contributed by atoms with Gasteiger partial charge in [-0.25, -0.2) is 9.40 Å². The first-order valence-electron chi connectivity index (χ1n) is 8.51. The van der Waals surface area contributed by atoms with Crippen LogP contribution in [0.25, 0.3) is 0 Å². The molecular weight excluding hydrogens is 353 g/mol. The minimum absolute atomic E-state index is 0.0442. The number of halogens is 1. The minimum Gasteiger partial charge on any atom is -0.508 e. The van der Waals surface area contributed by atoms with Gasteiger partial charge in [0.25, 0.3) is 0 Å². The van der Waals surface area contributed by atoms with Crippen LogP contribution in [-0.4, -0.2) is 30.3 Å². The van der Waals surface area contributed by atoms with Gasteiger partial charge in [0.05, 0.1) is 6.61 Å². The Balaban J connectivity index is 2.02. The molecule has 1 heterocycles. The lowest BCUT2D eigenvalue weighted by molar-refractivity contribution is 0.0695. The van der Waals surface area contributed by atoms with E-state index in [1.165, 1.54) is 30.0 Å². The van der Waals surface area contributed by atoms with Crippen molar-refractivity contribution in [1.29, 1.82) is 0 Å². The third kappa shape index (κ3) is 3.40. The van der Waals surface area contributed by atoms with E-state index in [9.17, 15) is 9.50 Å². The highest BCUT2D eigenvalue weighted by Crippen LogP contribution is 2.52. The van der Waals surface area contributed by atoms with E-state index in [4.69, 9.17) is 16.3 Å². The number of hydrazine groups is 1. The molecule has 26 heavy (non-hydrogen) atoms. The SMILES string of the molecule is CN(N)[C@]1(SCc2cc(O)ccc2F)c2ccccc2OCC1CCN. The molecule has 3 rings (SSSR count). The first-order valence-corrected chi connectivity index (χ1v) is 9.50. The topological polar surface area (TPSA) is 84.7 Å². The van der Waals surface area contributed by atoms with Gasteiger partial charge in [0.15, 0.2) is 0 Å². The number of phenols is 1. The smallest absolute Gasteiger partial charge is 0.127 e. The van der Waals surface area contributed by atoms with Crippen molar-refractivity contribution in [3.63, 3.8) is 0 Å². The van der Waals surface area contributed by atoms with Crippen LogP contribution < -0.4 is 16.3 Å². The summed E-state index contributed by atoms with van der Waals surface area (Å²) < 4.78 is 20.1. The number of para-hydroxylation sites is 1. The maximum absolute atomic E-state index is 14.2. The molecule has 140 valence electrons. The molecule has 1 aliphatic rings. The van der Waals surface area contributed by atoms with Gasteiger partial charge in [0.2, 0.25) is 0 Å². The summed E-state index contributed by atoms with van der Waals surface area (Å²) in [6.07, 6.45) is 0.728. The Morgan fingerprint density at radius 1 is 1.35 bits per heavy atom. The molecule has 5 N–H and O–H groups in total. The summed E-state index contributed by atoms with van der Waals surface area (Å²) in [5, 5.41) is 11.4. The predicted molar refractivity (Wildman–Crippen MR) is 102 cm³/mol. The molecule has 0 bridgehead atoms. The Labute approximate surface area is 157 Å². The number of ether oxygens (including phenoxy) is 1. The Morgan fingerprint density at radius 3 is 2.85 bits per heavy atom. The van der Waals surface area contributed by atoms with E-state index in [-0.39, 0.29) is 17.5 Å². The quantitative estimate of drug-likeness (QED) is 0.408. The molecule has 1 aliphatic heterocycles. The highest BCUT2D eigenvalue weighted by molar-refractivity contribution is 7.99. The molecule has 0 amide bonds. The second kappa shape index (κ2) is 7.84. The maximum Gasteiger partial charge on any atom is 0.127 e. The molecule has 0 spiro atoms. The number of hydrogen-bond acceptors (Lipinski definition) is 6. The van der Waals surface area contributed by atoms with Crippen LogP contribution in [0.15, 0.2) is 42.5 Å². The largest absolute Gasteiger partial charge is 0.508 e. The second-order valence-electron chi connectivity index (χ2n) is 6.45. The van der Waals surface area contributed by atoms with E-state index < -0.39 is 4.87 Å². The summed E-state index contributed by atoms with van der Waals surface area (Å²) in [5.41, 5.74) is 7.23. The molecule has 0 saturated heterocycles. The lowest BCUT2D eigenvalue weighted by Crippen LogP contribution is -2.54. The fraction of sp³-hybridized carbons (Fsp3) is 0.368. The zero-order valence-corrected chi connectivity index (χ0v) is 15.5. The molecule has 2 aromatic rings. The van der Waals surface area contributed by atoms with Gasteiger partial charge >= 0.3 is 0 Å². The molecule has 0 saturated carbocycles. The van der Waals surface area contributed by atoms with Crippen molar-refractivity contribution in [3.8, 4) is 11.5 Å². The second-order valence-corrected chi connectivity index (χ2v) is 7.65. The van der Waals surface area contributed by atoms with Crippen molar-refractivity contribution >= 4 is 11.8 Å². The molecule has 0 aliphatic carbocycles. The number of aromatic hydroxyl groups is 1. The van der Waals surface area contributed by atoms with Gasteiger partial charge in [-0.2, -0.15) is 0 Å². The van der Waals surface area contributed by atoms with Gasteiger partial charge in [-0.15, -0.1) is 11.8 Å². The van der Waals surface area contributed by atoms with Crippen molar-refractivity contribution in [1.82, 2.24) is 5.01 Å². The highest BCUT2D eigenvalue weighted by atomic mass is 32.2. The van der Waals surface area contributed by atoms with Crippen LogP contribution in [-0.2, 0) is 10.6 Å². The average molecular weight is 377 g/mol. The molecule has 7 heteroatoms. The van der Waals surface area contributed by atoms with Crippen LogP contribution in [0.4, 0.5) is 4.39 Å². The molecule has 1 unspecified atom stereocenters. The van der Waals surface area contributed by atoms with Gasteiger partial charge in [-0.1, -0.05) is 18.2 Å². The van der Waals surface area contributed by atoms with Crippen LogP contribution in [0, 0.1) is 11.7 Å². The molecule has 0 fully saturated rings. The number of benzene rings is 2. The molecule has 0 aromatic heterocycles. The van der Waals surface area contributed by atoms with E-state index >= 15 is 0 Å². The van der Waals surface area contributed by atoms with E-state index in [0.29, 0.717) is 24.5 Å². The summed E-state index contributed by atoms with van der Waals surface area (Å²) in [6, 6.07) is 11.9. The Morgan fingerprint density at radius 2 is 2.12 bits per heavy atom. The van der Waals surface area contributed by atoms with Crippen molar-refractivity contribution in [3.05, 3.63) is 59.4 Å². The summed E-state index contributed by atoms with van der Waals surface area (Å²) in [7, 11) is 1.82. The van der Waals surface area contributed by atoms with Gasteiger partial charge < -0.3 is 15.6 Å². The van der Waals surface area contributed by atoms with Gasteiger partial charge in [-0.3, -0.25) is 5.84 Å². The monoisotopic (exact) mass is 377 g/mol. The standard InChI is InChI=1S/C19H24FN3O2S/c1-23(22)19(26-12-13-10-15(24)6-7-17(13)20)14(8-9-21)11-25-18-5-3-2-4-16(18)19/h2-7,10,14,24H,8-9,11-12,21-22H2,1H3/t14?,19-/m1/s1. The lowest BCUT2D eigenvalue weighted by Gasteiger charge is -2.48. The fourth-order valence-corrected chi connectivity index (χ4v) is 5.07. The number of hydrogen-bond donors (Lipinski definition) is 3. The number of nitrogens with zero attached hydrogens (tertiary/aromatic N) is 1. The fourth-order valence-electron chi connectivity index (χ4n) is 3.53. The molecule has 2 aromatic carbocycles. The summed E-state index contributed by atoms with van der Waals surface area (Å²) in [6.45, 7) is 0.998. The number of fused-ring (bicyclic) bond motifs is 1. The molecule has 0 radical (unpaired) electrons. The van der Waals surface area contributed by atoms with Crippen LogP contribution >= 0.6 is 11.8 Å².